The fourth-order valence-electron chi connectivity index (χ4n) is 2.74. The van der Waals surface area contributed by atoms with Crippen LogP contribution in [0.5, 0.6) is 5.75 Å². The molecule has 2 N–H and O–H groups in total. The predicted molar refractivity (Wildman–Crippen MR) is 82.1 cm³/mol. The maximum Gasteiger partial charge on any atom is 0.250 e. The highest BCUT2D eigenvalue weighted by atomic mass is 16.5. The molecule has 0 bridgehead atoms. The molecule has 1 unspecified atom stereocenters. The number of nitrogens with one attached hydrogen (secondary N) is 2. The average Bonchev–Trinajstić information content (AvgIpc) is 3.01. The molecule has 0 fully saturated rings. The van der Waals surface area contributed by atoms with Crippen molar-refractivity contribution in [1.82, 2.24) is 9.97 Å². The van der Waals surface area contributed by atoms with Gasteiger partial charge in [-0.05, 0) is 42.5 Å². The molecule has 1 amide bonds. The summed E-state index contributed by atoms with van der Waals surface area (Å²) in [5.41, 5.74) is 2.91. The number of hydrogen-bond donors (Lipinski definition) is 2. The molecule has 6 nitrogen and oxygen atoms in total. The van der Waals surface area contributed by atoms with Crippen molar-refractivity contribution in [3.63, 3.8) is 0 Å². The zero-order chi connectivity index (χ0) is 15.4. The van der Waals surface area contributed by atoms with Gasteiger partial charge in [-0.25, -0.2) is 4.98 Å². The van der Waals surface area contributed by atoms with Crippen LogP contribution in [0.15, 0.2) is 30.7 Å². The number of aromatic nitrogens is 2. The van der Waals surface area contributed by atoms with Gasteiger partial charge in [0.1, 0.15) is 12.4 Å². The second-order valence-corrected chi connectivity index (χ2v) is 5.33. The first kappa shape index (κ1) is 14.6. The van der Waals surface area contributed by atoms with E-state index in [4.69, 9.17) is 9.47 Å². The molecular formula is C16H19N3O3. The molecular weight excluding hydrogens is 282 g/mol. The molecule has 1 aliphatic heterocycles. The van der Waals surface area contributed by atoms with E-state index in [1.54, 1.807) is 6.33 Å². The minimum Gasteiger partial charge on any atom is -0.493 e. The monoisotopic (exact) mass is 301 g/mol. The first-order valence-electron chi connectivity index (χ1n) is 7.29. The van der Waals surface area contributed by atoms with Gasteiger partial charge < -0.3 is 19.8 Å². The Hall–Kier alpha value is -2.34. The van der Waals surface area contributed by atoms with E-state index in [2.05, 4.69) is 15.3 Å². The molecule has 0 radical (unpaired) electrons. The van der Waals surface area contributed by atoms with E-state index in [1.807, 2.05) is 24.4 Å². The molecule has 0 aliphatic carbocycles. The summed E-state index contributed by atoms with van der Waals surface area (Å²) in [5.74, 6) is 1.06. The fraction of sp³-hybridized carbons (Fsp3) is 0.375. The number of H-pyrrole nitrogens is 1. The number of methoxy groups -OCH3 is 1. The van der Waals surface area contributed by atoms with Gasteiger partial charge in [-0.3, -0.25) is 4.79 Å². The highest BCUT2D eigenvalue weighted by Gasteiger charge is 2.23. The van der Waals surface area contributed by atoms with Crippen molar-refractivity contribution in [2.45, 2.75) is 18.8 Å². The SMILES string of the molecule is COCC(=O)Nc1ccc2c(c1)C(Cc1c[nH]cn1)CCO2. The summed E-state index contributed by atoms with van der Waals surface area (Å²) in [6.07, 6.45) is 5.40. The van der Waals surface area contributed by atoms with Gasteiger partial charge in [0.05, 0.1) is 18.6 Å². The number of amides is 1. The average molecular weight is 301 g/mol. The largest absolute Gasteiger partial charge is 0.493 e. The molecule has 2 heterocycles. The lowest BCUT2D eigenvalue weighted by atomic mass is 9.89. The number of aromatic amines is 1. The summed E-state index contributed by atoms with van der Waals surface area (Å²) in [6.45, 7) is 0.752. The molecule has 1 aromatic carbocycles. The van der Waals surface area contributed by atoms with Gasteiger partial charge in [0.15, 0.2) is 0 Å². The van der Waals surface area contributed by atoms with Crippen LogP contribution in [0, 0.1) is 0 Å². The molecule has 0 spiro atoms. The first-order valence-corrected chi connectivity index (χ1v) is 7.29. The van der Waals surface area contributed by atoms with Crippen molar-refractivity contribution in [2.24, 2.45) is 0 Å². The molecule has 116 valence electrons. The molecule has 0 saturated heterocycles. The van der Waals surface area contributed by atoms with Crippen molar-refractivity contribution >= 4 is 11.6 Å². The molecule has 6 heteroatoms. The van der Waals surface area contributed by atoms with Gasteiger partial charge in [0.25, 0.3) is 0 Å². The predicted octanol–water partition coefficient (Wildman–Crippen LogP) is 2.10. The number of benzene rings is 1. The van der Waals surface area contributed by atoms with Crippen molar-refractivity contribution in [1.29, 1.82) is 0 Å². The van der Waals surface area contributed by atoms with Crippen molar-refractivity contribution in [2.75, 3.05) is 25.6 Å². The van der Waals surface area contributed by atoms with Crippen molar-refractivity contribution < 1.29 is 14.3 Å². The Labute approximate surface area is 128 Å². The van der Waals surface area contributed by atoms with E-state index in [1.165, 1.54) is 7.11 Å². The van der Waals surface area contributed by atoms with E-state index < -0.39 is 0 Å². The molecule has 3 rings (SSSR count). The Balaban J connectivity index is 1.79. The van der Waals surface area contributed by atoms with Crippen LogP contribution in [0.2, 0.25) is 0 Å². The van der Waals surface area contributed by atoms with E-state index in [9.17, 15) is 4.79 Å². The van der Waals surface area contributed by atoms with Crippen LogP contribution in [0.1, 0.15) is 23.6 Å². The quantitative estimate of drug-likeness (QED) is 0.886. The normalized spacial score (nSPS) is 16.7. The third-order valence-electron chi connectivity index (χ3n) is 3.74. The van der Waals surface area contributed by atoms with Crippen LogP contribution in [-0.4, -0.2) is 36.2 Å². The Morgan fingerprint density at radius 2 is 2.45 bits per heavy atom. The number of rotatable bonds is 5. The topological polar surface area (TPSA) is 76.2 Å². The highest BCUT2D eigenvalue weighted by Crippen LogP contribution is 2.37. The number of hydrogen-bond acceptors (Lipinski definition) is 4. The number of ether oxygens (including phenoxy) is 2. The fourth-order valence-corrected chi connectivity index (χ4v) is 2.74. The van der Waals surface area contributed by atoms with E-state index in [0.717, 1.165) is 35.5 Å². The summed E-state index contributed by atoms with van der Waals surface area (Å²) in [4.78, 5) is 18.9. The molecule has 1 atom stereocenters. The maximum absolute atomic E-state index is 11.6. The van der Waals surface area contributed by atoms with Crippen LogP contribution >= 0.6 is 0 Å². The zero-order valence-corrected chi connectivity index (χ0v) is 12.5. The summed E-state index contributed by atoms with van der Waals surface area (Å²) in [5, 5.41) is 2.83. The summed E-state index contributed by atoms with van der Waals surface area (Å²) >= 11 is 0. The Kier molecular flexibility index (Phi) is 4.39. The summed E-state index contributed by atoms with van der Waals surface area (Å²) in [6, 6.07) is 5.75. The lowest BCUT2D eigenvalue weighted by molar-refractivity contribution is -0.119. The van der Waals surface area contributed by atoms with Crippen LogP contribution in [0.25, 0.3) is 0 Å². The van der Waals surface area contributed by atoms with Crippen LogP contribution in [0.4, 0.5) is 5.69 Å². The molecule has 1 aliphatic rings. The van der Waals surface area contributed by atoms with Crippen LogP contribution < -0.4 is 10.1 Å². The number of anilines is 1. The minimum absolute atomic E-state index is 0.0459. The number of carbonyl (C=O) groups is 1. The second kappa shape index (κ2) is 6.62. The van der Waals surface area contributed by atoms with Gasteiger partial charge in [-0.15, -0.1) is 0 Å². The van der Waals surface area contributed by atoms with E-state index >= 15 is 0 Å². The van der Waals surface area contributed by atoms with Gasteiger partial charge >= 0.3 is 0 Å². The van der Waals surface area contributed by atoms with Gasteiger partial charge in [-0.2, -0.15) is 0 Å². The molecule has 2 aromatic rings. The standard InChI is InChI=1S/C16H19N3O3/c1-21-9-16(20)19-12-2-3-15-14(7-12)11(4-5-22-15)6-13-8-17-10-18-13/h2-3,7-8,10-11H,4-6,9H2,1H3,(H,17,18)(H,19,20). The first-order chi connectivity index (χ1) is 10.8. The van der Waals surface area contributed by atoms with E-state index in [0.29, 0.717) is 12.5 Å². The Morgan fingerprint density at radius 3 is 3.23 bits per heavy atom. The van der Waals surface area contributed by atoms with Gasteiger partial charge in [-0.1, -0.05) is 0 Å². The number of imidazole rings is 1. The number of nitrogens with zero attached hydrogens (tertiary/aromatic N) is 1. The third kappa shape index (κ3) is 3.28. The van der Waals surface area contributed by atoms with Gasteiger partial charge in [0.2, 0.25) is 5.91 Å². The van der Waals surface area contributed by atoms with Crippen LogP contribution in [-0.2, 0) is 16.0 Å². The zero-order valence-electron chi connectivity index (χ0n) is 12.5. The molecule has 0 saturated carbocycles. The minimum atomic E-state index is -0.164. The summed E-state index contributed by atoms with van der Waals surface area (Å²) < 4.78 is 10.5. The molecule has 1 aromatic heterocycles. The van der Waals surface area contributed by atoms with Crippen molar-refractivity contribution in [3.05, 3.63) is 42.0 Å². The Morgan fingerprint density at radius 1 is 1.55 bits per heavy atom. The maximum atomic E-state index is 11.6. The second-order valence-electron chi connectivity index (χ2n) is 5.33. The lowest BCUT2D eigenvalue weighted by Crippen LogP contribution is -2.19. The van der Waals surface area contributed by atoms with E-state index in [-0.39, 0.29) is 12.5 Å². The highest BCUT2D eigenvalue weighted by molar-refractivity contribution is 5.91. The Bertz CT molecular complexity index is 640. The number of fused-ring (bicyclic) bond motifs is 1. The lowest BCUT2D eigenvalue weighted by Gasteiger charge is -2.26. The smallest absolute Gasteiger partial charge is 0.250 e. The summed E-state index contributed by atoms with van der Waals surface area (Å²) in [7, 11) is 1.50. The van der Waals surface area contributed by atoms with Crippen molar-refractivity contribution in [3.8, 4) is 5.75 Å². The van der Waals surface area contributed by atoms with Crippen LogP contribution in [0.3, 0.4) is 0 Å². The third-order valence-corrected chi connectivity index (χ3v) is 3.74. The number of carbonyl (C=O) groups excluding carboxylic acids is 1. The van der Waals surface area contributed by atoms with Gasteiger partial charge in [0, 0.05) is 19.0 Å². The molecule has 22 heavy (non-hydrogen) atoms.